The van der Waals surface area contributed by atoms with Crippen LogP contribution in [-0.4, -0.2) is 34.7 Å². The molecule has 0 bridgehead atoms. The van der Waals surface area contributed by atoms with Crippen LogP contribution in [0.4, 0.5) is 4.79 Å². The number of hydrogen-bond donors (Lipinski definition) is 1. The zero-order valence-electron chi connectivity index (χ0n) is 17.3. The van der Waals surface area contributed by atoms with Gasteiger partial charge in [0.2, 0.25) is 0 Å². The summed E-state index contributed by atoms with van der Waals surface area (Å²) in [6.07, 6.45) is 4.05. The molecule has 2 aromatic carbocycles. The van der Waals surface area contributed by atoms with Gasteiger partial charge >= 0.3 is 6.16 Å². The fraction of sp³-hybridized carbons (Fsp3) is 0.435. The molecule has 1 fully saturated rings. The molecule has 1 aliphatic rings. The third-order valence-electron chi connectivity index (χ3n) is 5.52. The average Bonchev–Trinajstić information content (AvgIpc) is 2.93. The number of carbonyl (C=O) groups is 3. The number of unbranched alkanes of at least 4 members (excludes halogenated alkanes) is 4. The fourth-order valence-electron chi connectivity index (χ4n) is 3.74. The molecule has 1 saturated heterocycles. The predicted molar refractivity (Wildman–Crippen MR) is 111 cm³/mol. The number of carbonyl (C=O) groups excluding carboxylic acids is 2. The molecule has 3 rings (SSSR count). The molecule has 0 spiro atoms. The van der Waals surface area contributed by atoms with E-state index in [0.717, 1.165) is 22.9 Å². The lowest BCUT2D eigenvalue weighted by Gasteiger charge is -2.22. The van der Waals surface area contributed by atoms with Gasteiger partial charge in [0.05, 0.1) is 12.0 Å². The quantitative estimate of drug-likeness (QED) is 0.468. The second-order valence-electron chi connectivity index (χ2n) is 7.85. The van der Waals surface area contributed by atoms with Gasteiger partial charge in [0.15, 0.2) is 0 Å². The molecule has 7 heteroatoms. The number of benzene rings is 2. The van der Waals surface area contributed by atoms with Crippen molar-refractivity contribution in [3.05, 3.63) is 42.0 Å². The number of amides is 2. The number of hydrogen-bond acceptors (Lipinski definition) is 5. The molecule has 0 aliphatic carbocycles. The van der Waals surface area contributed by atoms with Gasteiger partial charge in [0, 0.05) is 6.42 Å². The van der Waals surface area contributed by atoms with Crippen LogP contribution in [0.2, 0.25) is 0 Å². The highest BCUT2D eigenvalue weighted by atomic mass is 16.8. The van der Waals surface area contributed by atoms with E-state index in [4.69, 9.17) is 9.84 Å². The standard InChI is InChI=1S/C23H27NO6/c1-3-4-5-6-7-12-29-19-11-9-16-13-18(10-8-17(16)14-19)23(2)15-20(25)24(21(23)26)30-22(27)28/h8-11,13-14H,3-7,12,15H2,1-2H3,(H,27,28). The van der Waals surface area contributed by atoms with Gasteiger partial charge in [0.25, 0.3) is 11.8 Å². The van der Waals surface area contributed by atoms with E-state index < -0.39 is 23.4 Å². The number of fused-ring (bicyclic) bond motifs is 1. The van der Waals surface area contributed by atoms with Gasteiger partial charge in [-0.05, 0) is 41.8 Å². The van der Waals surface area contributed by atoms with Crippen LogP contribution in [-0.2, 0) is 19.8 Å². The lowest BCUT2D eigenvalue weighted by molar-refractivity contribution is -0.176. The molecule has 0 aromatic heterocycles. The molecular weight excluding hydrogens is 386 g/mol. The number of rotatable bonds is 9. The van der Waals surface area contributed by atoms with Crippen molar-refractivity contribution >= 4 is 28.7 Å². The Morgan fingerprint density at radius 3 is 2.50 bits per heavy atom. The normalized spacial score (nSPS) is 18.8. The lowest BCUT2D eigenvalue weighted by atomic mass is 9.80. The smallest absolute Gasteiger partial charge is 0.494 e. The van der Waals surface area contributed by atoms with Crippen LogP contribution in [0.1, 0.15) is 57.9 Å². The van der Waals surface area contributed by atoms with Crippen LogP contribution in [0.25, 0.3) is 10.8 Å². The van der Waals surface area contributed by atoms with Crippen molar-refractivity contribution in [2.24, 2.45) is 0 Å². The third-order valence-corrected chi connectivity index (χ3v) is 5.52. The summed E-state index contributed by atoms with van der Waals surface area (Å²) in [5, 5.41) is 11.0. The highest BCUT2D eigenvalue weighted by molar-refractivity contribution is 6.08. The number of imide groups is 1. The zero-order valence-corrected chi connectivity index (χ0v) is 17.3. The minimum atomic E-state index is -1.70. The molecule has 7 nitrogen and oxygen atoms in total. The minimum Gasteiger partial charge on any atom is -0.494 e. The molecule has 1 atom stereocenters. The minimum absolute atomic E-state index is 0.149. The van der Waals surface area contributed by atoms with Crippen molar-refractivity contribution in [1.29, 1.82) is 0 Å². The van der Waals surface area contributed by atoms with Crippen LogP contribution in [0, 0.1) is 0 Å². The van der Waals surface area contributed by atoms with E-state index in [9.17, 15) is 14.4 Å². The summed E-state index contributed by atoms with van der Waals surface area (Å²) in [5.41, 5.74) is -0.539. The Morgan fingerprint density at radius 2 is 1.77 bits per heavy atom. The van der Waals surface area contributed by atoms with Gasteiger partial charge < -0.3 is 9.84 Å². The Hall–Kier alpha value is -3.09. The molecule has 1 unspecified atom stereocenters. The summed E-state index contributed by atoms with van der Waals surface area (Å²) in [4.78, 5) is 39.9. The van der Waals surface area contributed by atoms with Crippen molar-refractivity contribution in [3.8, 4) is 5.75 Å². The maximum Gasteiger partial charge on any atom is 0.531 e. The first-order valence-electron chi connectivity index (χ1n) is 10.3. The van der Waals surface area contributed by atoms with E-state index in [-0.39, 0.29) is 6.42 Å². The highest BCUT2D eigenvalue weighted by Crippen LogP contribution is 2.38. The van der Waals surface area contributed by atoms with Gasteiger partial charge in [0.1, 0.15) is 5.75 Å². The molecule has 0 saturated carbocycles. The Kier molecular flexibility index (Phi) is 6.59. The largest absolute Gasteiger partial charge is 0.531 e. The van der Waals surface area contributed by atoms with Crippen molar-refractivity contribution < 1.29 is 29.1 Å². The molecular formula is C23H27NO6. The molecule has 30 heavy (non-hydrogen) atoms. The van der Waals surface area contributed by atoms with Gasteiger partial charge in [-0.2, -0.15) is 0 Å². The summed E-state index contributed by atoms with van der Waals surface area (Å²) in [7, 11) is 0. The van der Waals surface area contributed by atoms with Crippen molar-refractivity contribution in [3.63, 3.8) is 0 Å². The van der Waals surface area contributed by atoms with Crippen LogP contribution in [0.5, 0.6) is 5.75 Å². The first-order valence-corrected chi connectivity index (χ1v) is 10.3. The van der Waals surface area contributed by atoms with E-state index >= 15 is 0 Å². The van der Waals surface area contributed by atoms with Gasteiger partial charge in [-0.15, -0.1) is 0 Å². The van der Waals surface area contributed by atoms with E-state index in [0.29, 0.717) is 17.2 Å². The van der Waals surface area contributed by atoms with E-state index in [1.165, 1.54) is 25.7 Å². The molecule has 2 aromatic rings. The SMILES string of the molecule is CCCCCCCOc1ccc2cc(C3(C)CC(=O)N(OC(=O)O)C3=O)ccc2c1. The van der Waals surface area contributed by atoms with Gasteiger partial charge in [-0.3, -0.25) is 14.4 Å². The summed E-state index contributed by atoms with van der Waals surface area (Å²) in [6.45, 7) is 4.49. The van der Waals surface area contributed by atoms with Gasteiger partial charge in [-0.25, -0.2) is 4.79 Å². The molecule has 160 valence electrons. The maximum atomic E-state index is 12.7. The zero-order chi connectivity index (χ0) is 21.7. The Bertz CT molecular complexity index is 956. The monoisotopic (exact) mass is 413 g/mol. The second kappa shape index (κ2) is 9.15. The van der Waals surface area contributed by atoms with Crippen LogP contribution in [0.15, 0.2) is 36.4 Å². The molecule has 1 heterocycles. The van der Waals surface area contributed by atoms with E-state index in [2.05, 4.69) is 11.8 Å². The first-order chi connectivity index (χ1) is 14.3. The van der Waals surface area contributed by atoms with Crippen LogP contribution >= 0.6 is 0 Å². The number of carboxylic acid groups (broad SMARTS) is 1. The molecule has 0 radical (unpaired) electrons. The van der Waals surface area contributed by atoms with Crippen molar-refractivity contribution in [2.45, 2.75) is 57.8 Å². The summed E-state index contributed by atoms with van der Waals surface area (Å²) >= 11 is 0. The van der Waals surface area contributed by atoms with Crippen LogP contribution in [0.3, 0.4) is 0 Å². The average molecular weight is 413 g/mol. The van der Waals surface area contributed by atoms with Crippen molar-refractivity contribution in [1.82, 2.24) is 5.06 Å². The summed E-state index contributed by atoms with van der Waals surface area (Å²) < 4.78 is 5.85. The van der Waals surface area contributed by atoms with E-state index in [1.54, 1.807) is 13.0 Å². The third kappa shape index (κ3) is 4.56. The fourth-order valence-corrected chi connectivity index (χ4v) is 3.74. The maximum absolute atomic E-state index is 12.7. The number of nitrogens with zero attached hydrogens (tertiary/aromatic N) is 1. The Balaban J connectivity index is 1.72. The molecule has 2 amide bonds. The second-order valence-corrected chi connectivity index (χ2v) is 7.85. The number of ether oxygens (including phenoxy) is 1. The summed E-state index contributed by atoms with van der Waals surface area (Å²) in [6, 6.07) is 11.3. The van der Waals surface area contributed by atoms with E-state index in [1.807, 2.05) is 30.3 Å². The predicted octanol–water partition coefficient (Wildman–Crippen LogP) is 4.82. The first kappa shape index (κ1) is 21.6. The summed E-state index contributed by atoms with van der Waals surface area (Å²) in [5.74, 6) is -0.560. The van der Waals surface area contributed by atoms with Gasteiger partial charge in [-0.1, -0.05) is 61.9 Å². The Morgan fingerprint density at radius 1 is 1.07 bits per heavy atom. The van der Waals surface area contributed by atoms with Crippen molar-refractivity contribution in [2.75, 3.05) is 6.61 Å². The molecule has 1 aliphatic heterocycles. The van der Waals surface area contributed by atoms with Crippen LogP contribution < -0.4 is 4.74 Å². The Labute approximate surface area is 175 Å². The molecule has 1 N–H and O–H groups in total. The highest BCUT2D eigenvalue weighted by Gasteiger charge is 2.51. The topological polar surface area (TPSA) is 93.1 Å². The number of hydroxylamine groups is 2. The lowest BCUT2D eigenvalue weighted by Crippen LogP contribution is -2.37.